The molecule has 0 atom stereocenters. The van der Waals surface area contributed by atoms with Gasteiger partial charge in [0.2, 0.25) is 0 Å². The number of nitrogens with zero attached hydrogens (tertiary/aromatic N) is 1. The molecule has 1 N–H and O–H groups in total. The first kappa shape index (κ1) is 18.4. The second kappa shape index (κ2) is 8.40. The molecule has 2 amide bonds. The number of carbonyl (C=O) groups excluding carboxylic acids is 2. The predicted octanol–water partition coefficient (Wildman–Crippen LogP) is 4.65. The van der Waals surface area contributed by atoms with E-state index in [4.69, 9.17) is 0 Å². The number of likely N-dealkylation sites (tertiary alicyclic amines) is 1. The highest BCUT2D eigenvalue weighted by Gasteiger charge is 2.20. The van der Waals surface area contributed by atoms with Gasteiger partial charge in [0, 0.05) is 41.4 Å². The van der Waals surface area contributed by atoms with Crippen molar-refractivity contribution in [3.05, 3.63) is 65.2 Å². The first-order valence-corrected chi connectivity index (χ1v) is 11.3. The molecular formula is C21H22N2O2S2. The van der Waals surface area contributed by atoms with Crippen LogP contribution < -0.4 is 5.32 Å². The van der Waals surface area contributed by atoms with Gasteiger partial charge in [0.05, 0.1) is 4.58 Å². The Balaban J connectivity index is 1.38. The molecular weight excluding hydrogens is 376 g/mol. The smallest absolute Gasteiger partial charge is 0.255 e. The zero-order valence-corrected chi connectivity index (χ0v) is 16.7. The lowest BCUT2D eigenvalue weighted by molar-refractivity contribution is 0.0792. The molecule has 0 aromatic heterocycles. The van der Waals surface area contributed by atoms with E-state index in [-0.39, 0.29) is 11.8 Å². The fourth-order valence-corrected chi connectivity index (χ4v) is 6.20. The van der Waals surface area contributed by atoms with Crippen molar-refractivity contribution >= 4 is 41.0 Å². The Morgan fingerprint density at radius 2 is 1.44 bits per heavy atom. The van der Waals surface area contributed by atoms with E-state index in [0.29, 0.717) is 21.4 Å². The maximum atomic E-state index is 12.5. The van der Waals surface area contributed by atoms with Crippen molar-refractivity contribution in [2.75, 3.05) is 29.9 Å². The number of nitrogens with one attached hydrogen (secondary N) is 1. The summed E-state index contributed by atoms with van der Waals surface area (Å²) in [7, 11) is 0. The summed E-state index contributed by atoms with van der Waals surface area (Å²) in [6, 6.07) is 15.0. The molecule has 4 rings (SSSR count). The number of thioether (sulfide) groups is 2. The number of anilines is 1. The highest BCUT2D eigenvalue weighted by molar-refractivity contribution is 8.19. The van der Waals surface area contributed by atoms with Crippen LogP contribution in [0.2, 0.25) is 0 Å². The Kier molecular flexibility index (Phi) is 5.74. The highest BCUT2D eigenvalue weighted by atomic mass is 32.2. The van der Waals surface area contributed by atoms with Gasteiger partial charge in [-0.15, -0.1) is 23.5 Å². The first-order valence-electron chi connectivity index (χ1n) is 9.24. The molecule has 0 radical (unpaired) electrons. The van der Waals surface area contributed by atoms with Crippen LogP contribution >= 0.6 is 23.5 Å². The molecule has 2 heterocycles. The molecule has 2 saturated heterocycles. The average molecular weight is 399 g/mol. The van der Waals surface area contributed by atoms with E-state index >= 15 is 0 Å². The molecule has 0 saturated carbocycles. The second-order valence-corrected chi connectivity index (χ2v) is 9.45. The van der Waals surface area contributed by atoms with Crippen LogP contribution in [0.1, 0.15) is 43.7 Å². The Morgan fingerprint density at radius 3 is 2.07 bits per heavy atom. The van der Waals surface area contributed by atoms with Crippen molar-refractivity contribution < 1.29 is 9.59 Å². The summed E-state index contributed by atoms with van der Waals surface area (Å²) in [5.74, 6) is 2.32. The molecule has 2 aliphatic rings. The third kappa shape index (κ3) is 4.33. The van der Waals surface area contributed by atoms with Crippen molar-refractivity contribution in [3.8, 4) is 0 Å². The Labute approximate surface area is 168 Å². The maximum absolute atomic E-state index is 12.5. The zero-order valence-electron chi connectivity index (χ0n) is 15.0. The van der Waals surface area contributed by atoms with Crippen LogP contribution in [-0.4, -0.2) is 41.3 Å². The molecule has 27 heavy (non-hydrogen) atoms. The molecule has 2 aromatic carbocycles. The van der Waals surface area contributed by atoms with Crippen molar-refractivity contribution in [2.45, 2.75) is 17.4 Å². The molecule has 2 fully saturated rings. The van der Waals surface area contributed by atoms with Crippen LogP contribution in [0.15, 0.2) is 48.5 Å². The first-order chi connectivity index (χ1) is 13.2. The summed E-state index contributed by atoms with van der Waals surface area (Å²) in [5.41, 5.74) is 3.28. The highest BCUT2D eigenvalue weighted by Crippen LogP contribution is 2.45. The molecule has 140 valence electrons. The molecule has 6 heteroatoms. The minimum absolute atomic E-state index is 0.0728. The number of carbonyl (C=O) groups is 2. The largest absolute Gasteiger partial charge is 0.339 e. The third-order valence-corrected chi connectivity index (χ3v) is 7.95. The lowest BCUT2D eigenvalue weighted by Crippen LogP contribution is -2.27. The van der Waals surface area contributed by atoms with Gasteiger partial charge in [-0.25, -0.2) is 0 Å². The minimum atomic E-state index is -0.133. The summed E-state index contributed by atoms with van der Waals surface area (Å²) in [4.78, 5) is 26.7. The Bertz CT molecular complexity index is 809. The molecule has 0 spiro atoms. The van der Waals surface area contributed by atoms with E-state index in [1.54, 1.807) is 24.3 Å². The second-order valence-electron chi connectivity index (χ2n) is 6.73. The number of hydrogen-bond donors (Lipinski definition) is 1. The quantitative estimate of drug-likeness (QED) is 0.814. The van der Waals surface area contributed by atoms with Crippen LogP contribution in [0.5, 0.6) is 0 Å². The molecule has 0 unspecified atom stereocenters. The number of rotatable bonds is 4. The van der Waals surface area contributed by atoms with Gasteiger partial charge in [-0.3, -0.25) is 9.59 Å². The van der Waals surface area contributed by atoms with Gasteiger partial charge in [-0.1, -0.05) is 12.1 Å². The fourth-order valence-electron chi connectivity index (χ4n) is 3.34. The van der Waals surface area contributed by atoms with Gasteiger partial charge in [-0.05, 0) is 54.8 Å². The summed E-state index contributed by atoms with van der Waals surface area (Å²) in [6.45, 7) is 1.68. The van der Waals surface area contributed by atoms with Crippen molar-refractivity contribution in [3.63, 3.8) is 0 Å². The van der Waals surface area contributed by atoms with Crippen LogP contribution in [0.3, 0.4) is 0 Å². The number of benzene rings is 2. The van der Waals surface area contributed by atoms with Crippen LogP contribution in [-0.2, 0) is 0 Å². The van der Waals surface area contributed by atoms with E-state index in [2.05, 4.69) is 5.32 Å². The fraction of sp³-hybridized carbons (Fsp3) is 0.333. The monoisotopic (exact) mass is 398 g/mol. The van der Waals surface area contributed by atoms with E-state index in [0.717, 1.165) is 25.9 Å². The average Bonchev–Trinajstić information content (AvgIpc) is 3.42. The van der Waals surface area contributed by atoms with Gasteiger partial charge < -0.3 is 10.2 Å². The summed E-state index contributed by atoms with van der Waals surface area (Å²) < 4.78 is 0.489. The SMILES string of the molecule is O=C(Nc1ccc(C(=O)N2CCCC2)cc1)c1ccc(C2SCCS2)cc1. The van der Waals surface area contributed by atoms with Crippen molar-refractivity contribution in [1.29, 1.82) is 0 Å². The number of hydrogen-bond acceptors (Lipinski definition) is 4. The lowest BCUT2D eigenvalue weighted by atomic mass is 10.1. The minimum Gasteiger partial charge on any atom is -0.339 e. The van der Waals surface area contributed by atoms with Crippen LogP contribution in [0, 0.1) is 0 Å². The van der Waals surface area contributed by atoms with E-state index in [1.807, 2.05) is 52.7 Å². The summed E-state index contributed by atoms with van der Waals surface area (Å²) in [5, 5.41) is 2.91. The topological polar surface area (TPSA) is 49.4 Å². The summed E-state index contributed by atoms with van der Waals surface area (Å²) >= 11 is 3.91. The van der Waals surface area contributed by atoms with Gasteiger partial charge in [0.15, 0.2) is 0 Å². The standard InChI is InChI=1S/C21H22N2O2S2/c24-19(15-3-5-17(6-4-15)21-26-13-14-27-21)22-18-9-7-16(8-10-18)20(25)23-11-1-2-12-23/h3-10,21H,1-2,11-14H2,(H,22,24). The molecule has 0 aliphatic carbocycles. The maximum Gasteiger partial charge on any atom is 0.255 e. The normalized spacial score (nSPS) is 17.3. The Morgan fingerprint density at radius 1 is 0.852 bits per heavy atom. The van der Waals surface area contributed by atoms with Gasteiger partial charge in [0.25, 0.3) is 11.8 Å². The van der Waals surface area contributed by atoms with Crippen LogP contribution in [0.25, 0.3) is 0 Å². The summed E-state index contributed by atoms with van der Waals surface area (Å²) in [6.07, 6.45) is 2.16. The third-order valence-electron chi connectivity index (χ3n) is 4.85. The molecule has 2 aromatic rings. The number of amides is 2. The lowest BCUT2D eigenvalue weighted by Gasteiger charge is -2.15. The molecule has 2 aliphatic heterocycles. The van der Waals surface area contributed by atoms with Crippen LogP contribution in [0.4, 0.5) is 5.69 Å². The van der Waals surface area contributed by atoms with Gasteiger partial charge in [-0.2, -0.15) is 0 Å². The van der Waals surface area contributed by atoms with Gasteiger partial charge >= 0.3 is 0 Å². The zero-order chi connectivity index (χ0) is 18.6. The van der Waals surface area contributed by atoms with Crippen molar-refractivity contribution in [2.24, 2.45) is 0 Å². The van der Waals surface area contributed by atoms with Gasteiger partial charge in [0.1, 0.15) is 0 Å². The van der Waals surface area contributed by atoms with E-state index in [1.165, 1.54) is 17.1 Å². The predicted molar refractivity (Wildman–Crippen MR) is 114 cm³/mol. The Hall–Kier alpha value is -1.92. The molecule has 0 bridgehead atoms. The molecule has 4 nitrogen and oxygen atoms in total. The van der Waals surface area contributed by atoms with Crippen molar-refractivity contribution in [1.82, 2.24) is 4.90 Å². The van der Waals surface area contributed by atoms with E-state index in [9.17, 15) is 9.59 Å². The van der Waals surface area contributed by atoms with E-state index < -0.39 is 0 Å².